The molecular weight excluding hydrogens is 335 g/mol. The van der Waals surface area contributed by atoms with Gasteiger partial charge in [-0.15, -0.1) is 10.2 Å². The van der Waals surface area contributed by atoms with E-state index in [0.717, 1.165) is 5.69 Å². The zero-order chi connectivity index (χ0) is 18.1. The number of para-hydroxylation sites is 1. The summed E-state index contributed by atoms with van der Waals surface area (Å²) < 4.78 is 16.1. The topological polar surface area (TPSA) is 95.1 Å². The zero-order valence-electron chi connectivity index (χ0n) is 13.8. The number of nitrogens with zero attached hydrogens (tertiary/aromatic N) is 8. The lowest BCUT2D eigenvalue weighted by Crippen LogP contribution is -2.18. The lowest BCUT2D eigenvalue weighted by molar-refractivity contribution is 0.631. The van der Waals surface area contributed by atoms with Crippen LogP contribution in [0.4, 0.5) is 21.6 Å². The Morgan fingerprint density at radius 1 is 1.27 bits per heavy atom. The molecule has 26 heavy (non-hydrogen) atoms. The lowest BCUT2D eigenvalue weighted by Gasteiger charge is -2.24. The second-order valence-electron chi connectivity index (χ2n) is 5.53. The highest BCUT2D eigenvalue weighted by molar-refractivity contribution is 5.95. The van der Waals surface area contributed by atoms with Crippen molar-refractivity contribution < 1.29 is 4.39 Å². The summed E-state index contributed by atoms with van der Waals surface area (Å²) in [5.41, 5.74) is 10.1. The van der Waals surface area contributed by atoms with Crippen LogP contribution < -0.4 is 4.90 Å². The summed E-state index contributed by atoms with van der Waals surface area (Å²) in [7, 11) is 0. The Morgan fingerprint density at radius 2 is 2.08 bits per heavy atom. The van der Waals surface area contributed by atoms with Crippen LogP contribution in [0.5, 0.6) is 0 Å². The summed E-state index contributed by atoms with van der Waals surface area (Å²) in [5.74, 6) is 0.316. The number of azide groups is 1. The Bertz CT molecular complexity index is 1150. The predicted octanol–water partition coefficient (Wildman–Crippen LogP) is 4.52. The van der Waals surface area contributed by atoms with Crippen molar-refractivity contribution in [1.82, 2.24) is 19.6 Å². The number of hydrogen-bond acceptors (Lipinski definition) is 5. The maximum absolute atomic E-state index is 14.4. The fourth-order valence-electron chi connectivity index (χ4n) is 2.95. The van der Waals surface area contributed by atoms with Gasteiger partial charge in [-0.05, 0) is 36.7 Å². The molecule has 0 radical (unpaired) electrons. The summed E-state index contributed by atoms with van der Waals surface area (Å²) in [6.07, 6.45) is 1.49. The van der Waals surface area contributed by atoms with Gasteiger partial charge in [0.15, 0.2) is 0 Å². The van der Waals surface area contributed by atoms with E-state index in [2.05, 4.69) is 25.2 Å². The van der Waals surface area contributed by atoms with Crippen molar-refractivity contribution in [2.75, 3.05) is 11.4 Å². The van der Waals surface area contributed by atoms with Crippen molar-refractivity contribution in [2.24, 2.45) is 5.11 Å². The highest BCUT2D eigenvalue weighted by Gasteiger charge is 2.18. The molecular formula is C17H13FN8. The first-order chi connectivity index (χ1) is 12.7. The van der Waals surface area contributed by atoms with Gasteiger partial charge in [0.1, 0.15) is 18.0 Å². The van der Waals surface area contributed by atoms with Crippen molar-refractivity contribution in [3.63, 3.8) is 0 Å². The molecule has 0 bridgehead atoms. The van der Waals surface area contributed by atoms with Crippen LogP contribution in [0.15, 0.2) is 53.9 Å². The largest absolute Gasteiger partial charge is 0.326 e. The van der Waals surface area contributed by atoms with E-state index in [0.29, 0.717) is 29.0 Å². The van der Waals surface area contributed by atoms with Crippen LogP contribution in [0.1, 0.15) is 6.92 Å². The highest BCUT2D eigenvalue weighted by Crippen LogP contribution is 2.34. The number of benzene rings is 2. The van der Waals surface area contributed by atoms with Crippen LogP contribution in [0.2, 0.25) is 0 Å². The van der Waals surface area contributed by atoms with Gasteiger partial charge in [0.2, 0.25) is 0 Å². The quantitative estimate of drug-likeness (QED) is 0.308. The molecule has 0 N–H and O–H groups in total. The third-order valence-corrected chi connectivity index (χ3v) is 4.09. The molecule has 0 amide bonds. The average molecular weight is 348 g/mol. The zero-order valence-corrected chi connectivity index (χ0v) is 13.8. The Labute approximate surface area is 147 Å². The molecule has 0 fully saturated rings. The van der Waals surface area contributed by atoms with Crippen molar-refractivity contribution in [1.29, 1.82) is 0 Å². The molecule has 8 nitrogen and oxygen atoms in total. The number of rotatable bonds is 4. The molecule has 0 saturated carbocycles. The predicted molar refractivity (Wildman–Crippen MR) is 96.2 cm³/mol. The first kappa shape index (κ1) is 15.8. The van der Waals surface area contributed by atoms with E-state index in [9.17, 15) is 4.39 Å². The van der Waals surface area contributed by atoms with Gasteiger partial charge >= 0.3 is 0 Å². The smallest absolute Gasteiger partial charge is 0.257 e. The van der Waals surface area contributed by atoms with Gasteiger partial charge < -0.3 is 4.90 Å². The molecule has 0 atom stereocenters. The van der Waals surface area contributed by atoms with Crippen LogP contribution in [-0.2, 0) is 0 Å². The van der Waals surface area contributed by atoms with Crippen molar-refractivity contribution in [3.05, 3.63) is 65.1 Å². The summed E-state index contributed by atoms with van der Waals surface area (Å²) in [6, 6.07) is 12.5. The first-order valence-electron chi connectivity index (χ1n) is 7.93. The van der Waals surface area contributed by atoms with E-state index in [1.54, 1.807) is 4.40 Å². The van der Waals surface area contributed by atoms with E-state index in [4.69, 9.17) is 5.53 Å². The second-order valence-corrected chi connectivity index (χ2v) is 5.53. The Hall–Kier alpha value is -3.71. The van der Waals surface area contributed by atoms with Gasteiger partial charge in [0.25, 0.3) is 5.78 Å². The minimum absolute atomic E-state index is 0.0880. The number of aromatic nitrogens is 4. The van der Waals surface area contributed by atoms with E-state index >= 15 is 0 Å². The second kappa shape index (κ2) is 6.30. The fraction of sp³-hybridized carbons (Fsp3) is 0.118. The van der Waals surface area contributed by atoms with Gasteiger partial charge in [0.05, 0.1) is 11.2 Å². The van der Waals surface area contributed by atoms with Gasteiger partial charge in [-0.25, -0.2) is 4.39 Å². The Kier molecular flexibility index (Phi) is 3.83. The minimum Gasteiger partial charge on any atom is -0.326 e. The molecule has 9 heteroatoms. The Balaban J connectivity index is 2.07. The summed E-state index contributed by atoms with van der Waals surface area (Å²) in [4.78, 5) is 9.22. The van der Waals surface area contributed by atoms with Crippen LogP contribution in [0.25, 0.3) is 27.1 Å². The normalized spacial score (nSPS) is 10.8. The molecule has 4 rings (SSSR count). The first-order valence-corrected chi connectivity index (χ1v) is 7.93. The van der Waals surface area contributed by atoms with Crippen LogP contribution >= 0.6 is 0 Å². The third kappa shape index (κ3) is 2.47. The monoisotopic (exact) mass is 348 g/mol. The maximum atomic E-state index is 14.4. The summed E-state index contributed by atoms with van der Waals surface area (Å²) in [6.45, 7) is 2.61. The SMILES string of the molecule is CCN(c1ccccc1)c1nc2nncn2c2cc(N=[N+]=[N-])c(F)cc12. The third-order valence-electron chi connectivity index (χ3n) is 4.09. The number of fused-ring (bicyclic) bond motifs is 3. The molecule has 128 valence electrons. The fourth-order valence-corrected chi connectivity index (χ4v) is 2.95. The maximum Gasteiger partial charge on any atom is 0.257 e. The molecule has 4 aromatic rings. The number of halogens is 1. The molecule has 0 aliphatic carbocycles. The molecule has 0 aliphatic heterocycles. The minimum atomic E-state index is -0.616. The van der Waals surface area contributed by atoms with Gasteiger partial charge in [-0.2, -0.15) is 4.98 Å². The van der Waals surface area contributed by atoms with E-state index in [-0.39, 0.29) is 5.69 Å². The molecule has 2 aromatic heterocycles. The molecule has 0 unspecified atom stereocenters. The molecule has 0 aliphatic rings. The molecule has 2 aromatic carbocycles. The molecule has 0 spiro atoms. The van der Waals surface area contributed by atoms with Gasteiger partial charge in [-0.1, -0.05) is 23.3 Å². The van der Waals surface area contributed by atoms with Crippen LogP contribution in [-0.4, -0.2) is 26.1 Å². The number of hydrogen-bond donors (Lipinski definition) is 0. The van der Waals surface area contributed by atoms with E-state index in [1.165, 1.54) is 18.5 Å². The van der Waals surface area contributed by atoms with E-state index < -0.39 is 5.82 Å². The van der Waals surface area contributed by atoms with Crippen LogP contribution in [0, 0.1) is 5.82 Å². The van der Waals surface area contributed by atoms with Crippen molar-refractivity contribution in [2.45, 2.75) is 6.92 Å². The van der Waals surface area contributed by atoms with Crippen LogP contribution in [0.3, 0.4) is 0 Å². The molecule has 2 heterocycles. The Morgan fingerprint density at radius 3 is 2.81 bits per heavy atom. The number of anilines is 2. The van der Waals surface area contributed by atoms with Gasteiger partial charge in [0, 0.05) is 22.5 Å². The lowest BCUT2D eigenvalue weighted by atomic mass is 10.1. The average Bonchev–Trinajstić information content (AvgIpc) is 3.13. The summed E-state index contributed by atoms with van der Waals surface area (Å²) in [5, 5.41) is 11.9. The van der Waals surface area contributed by atoms with E-state index in [1.807, 2.05) is 42.2 Å². The molecule has 0 saturated heterocycles. The van der Waals surface area contributed by atoms with Crippen molar-refractivity contribution in [3.8, 4) is 0 Å². The van der Waals surface area contributed by atoms with Gasteiger partial charge in [-0.3, -0.25) is 4.40 Å². The standard InChI is InChI=1S/C17H13FN8/c1-2-25(11-6-4-3-5-7-11)16-12-8-13(18)14(22-24-19)9-15(12)26-10-20-23-17(26)21-16/h3-10H,2H2,1H3. The van der Waals surface area contributed by atoms with Crippen molar-refractivity contribution >= 4 is 33.9 Å². The summed E-state index contributed by atoms with van der Waals surface area (Å²) >= 11 is 0. The highest BCUT2D eigenvalue weighted by atomic mass is 19.1.